The Hall–Kier alpha value is -5.57. The minimum absolute atomic E-state index is 0. The molecular formula is C88H129I2N5O3. The van der Waals surface area contributed by atoms with E-state index in [0.717, 1.165) is 109 Å². The quantitative estimate of drug-likeness (QED) is 0.0665. The van der Waals surface area contributed by atoms with Crippen molar-refractivity contribution in [1.29, 1.82) is 0 Å². The number of ether oxygens (including phenoxy) is 1. The first-order chi connectivity index (χ1) is 45.1. The zero-order valence-corrected chi connectivity index (χ0v) is 66.8. The van der Waals surface area contributed by atoms with E-state index in [0.29, 0.717) is 13.2 Å². The number of fused-ring (bicyclic) bond motifs is 4. The van der Waals surface area contributed by atoms with Gasteiger partial charge in [-0.15, -0.1) is 0 Å². The molecule has 0 radical (unpaired) electrons. The minimum atomic E-state index is -0.0857. The molecule has 2 aliphatic carbocycles. The SMILES string of the molecule is C.C.CCC.CCC.CCCN1/C(=C/C=C2\CCCC(/C=C/C3=[N+](CCC)c4ccccc4C3(C)C)=C2CCCO)C(C)(C)c2ccccc21.CCCN1/C(=C/C=C2\CCCC(/C=C/C3=[N+](CCC)c4ccccc4C3(C)C)=C2OCCN(C)C(C)=O)C(C)(C)c2ccccc21.[I-].[I-]. The van der Waals surface area contributed by atoms with E-state index in [1.165, 1.54) is 109 Å². The summed E-state index contributed by atoms with van der Waals surface area (Å²) >= 11 is 0. The Labute approximate surface area is 631 Å². The molecule has 1 N–H and O–H groups in total. The van der Waals surface area contributed by atoms with E-state index >= 15 is 0 Å². The Bertz CT molecular complexity index is 3590. The third-order valence-corrected chi connectivity index (χ3v) is 19.7. The van der Waals surface area contributed by atoms with E-state index in [4.69, 9.17) is 4.74 Å². The molecule has 10 rings (SSSR count). The minimum Gasteiger partial charge on any atom is -1.00 e. The Morgan fingerprint density at radius 1 is 0.531 bits per heavy atom. The van der Waals surface area contributed by atoms with Gasteiger partial charge in [-0.1, -0.05) is 202 Å². The van der Waals surface area contributed by atoms with Gasteiger partial charge in [0.15, 0.2) is 11.4 Å². The van der Waals surface area contributed by atoms with E-state index < -0.39 is 0 Å². The summed E-state index contributed by atoms with van der Waals surface area (Å²) in [6.45, 7) is 43.2. The summed E-state index contributed by atoms with van der Waals surface area (Å²) in [5.41, 5.74) is 22.9. The fourth-order valence-electron chi connectivity index (χ4n) is 14.9. The van der Waals surface area contributed by atoms with Crippen molar-refractivity contribution in [3.8, 4) is 0 Å². The van der Waals surface area contributed by atoms with Crippen molar-refractivity contribution in [1.82, 2.24) is 4.90 Å². The number of carbonyl (C=O) groups is 1. The second kappa shape index (κ2) is 40.2. The van der Waals surface area contributed by atoms with Gasteiger partial charge in [-0.05, 0) is 161 Å². The molecule has 4 aliphatic heterocycles. The van der Waals surface area contributed by atoms with E-state index in [1.807, 2.05) is 7.05 Å². The lowest BCUT2D eigenvalue weighted by Gasteiger charge is -2.27. The summed E-state index contributed by atoms with van der Waals surface area (Å²) in [5, 5.41) is 9.81. The number of aliphatic hydroxyl groups is 1. The van der Waals surface area contributed by atoms with Crippen molar-refractivity contribution in [2.75, 3.05) is 62.8 Å². The van der Waals surface area contributed by atoms with Crippen LogP contribution in [0.3, 0.4) is 0 Å². The molecule has 8 nitrogen and oxygen atoms in total. The maximum absolute atomic E-state index is 11.9. The maximum atomic E-state index is 11.9. The molecule has 0 bridgehead atoms. The van der Waals surface area contributed by atoms with Crippen molar-refractivity contribution in [3.63, 3.8) is 0 Å². The van der Waals surface area contributed by atoms with Crippen LogP contribution >= 0.6 is 0 Å². The van der Waals surface area contributed by atoms with Crippen molar-refractivity contribution >= 4 is 40.1 Å². The molecule has 6 aliphatic rings. The molecule has 98 heavy (non-hydrogen) atoms. The molecule has 0 spiro atoms. The normalized spacial score (nSPS) is 19.0. The van der Waals surface area contributed by atoms with E-state index in [-0.39, 0.29) is 97.0 Å². The highest BCUT2D eigenvalue weighted by molar-refractivity contribution is 6.04. The first-order valence-corrected chi connectivity index (χ1v) is 36.4. The number of hydrogen-bond acceptors (Lipinski definition) is 5. The molecule has 0 saturated carbocycles. The third-order valence-electron chi connectivity index (χ3n) is 19.7. The van der Waals surface area contributed by atoms with Gasteiger partial charge >= 0.3 is 0 Å². The molecule has 4 heterocycles. The number of rotatable bonds is 21. The predicted octanol–water partition coefficient (Wildman–Crippen LogP) is 16.4. The van der Waals surface area contributed by atoms with Crippen LogP contribution in [0.25, 0.3) is 0 Å². The largest absolute Gasteiger partial charge is 1.00 e. The number of benzene rings is 4. The highest BCUT2D eigenvalue weighted by Crippen LogP contribution is 2.50. The van der Waals surface area contributed by atoms with Gasteiger partial charge in [-0.3, -0.25) is 4.79 Å². The Kier molecular flexibility index (Phi) is 35.5. The summed E-state index contributed by atoms with van der Waals surface area (Å²) in [6, 6.07) is 35.5. The second-order valence-corrected chi connectivity index (χ2v) is 28.7. The Balaban J connectivity index is 0.000000456. The van der Waals surface area contributed by atoms with Gasteiger partial charge in [0.05, 0.1) is 17.4 Å². The predicted molar refractivity (Wildman–Crippen MR) is 417 cm³/mol. The number of aliphatic hydroxyl groups excluding tert-OH is 1. The van der Waals surface area contributed by atoms with Crippen LogP contribution in [0.1, 0.15) is 245 Å². The van der Waals surface area contributed by atoms with Crippen molar-refractivity contribution in [3.05, 3.63) is 213 Å². The van der Waals surface area contributed by atoms with Gasteiger partial charge in [0, 0.05) is 116 Å². The van der Waals surface area contributed by atoms with Crippen molar-refractivity contribution in [2.45, 2.75) is 244 Å². The molecular weight excluding hydrogens is 1430 g/mol. The molecule has 0 atom stereocenters. The molecule has 10 heteroatoms. The number of para-hydroxylation sites is 4. The molecule has 1 amide bonds. The third kappa shape index (κ3) is 19.5. The molecule has 538 valence electrons. The average Bonchev–Trinajstić information content (AvgIpc) is 1.62. The van der Waals surface area contributed by atoms with Crippen LogP contribution in [0.4, 0.5) is 22.7 Å². The highest BCUT2D eigenvalue weighted by Gasteiger charge is 2.46. The van der Waals surface area contributed by atoms with Gasteiger partial charge in [-0.2, -0.15) is 9.15 Å². The Morgan fingerprint density at radius 2 is 0.929 bits per heavy atom. The fraction of sp³-hybridized carbons (Fsp3) is 0.511. The van der Waals surface area contributed by atoms with Gasteiger partial charge < -0.3 is 72.5 Å². The van der Waals surface area contributed by atoms with Gasteiger partial charge in [-0.25, -0.2) is 0 Å². The number of anilines is 2. The summed E-state index contributed by atoms with van der Waals surface area (Å²) < 4.78 is 11.7. The first kappa shape index (κ1) is 86.7. The topological polar surface area (TPSA) is 62.3 Å². The maximum Gasteiger partial charge on any atom is 0.219 e. The monoisotopic (exact) mass is 1560 g/mol. The van der Waals surface area contributed by atoms with Gasteiger partial charge in [0.1, 0.15) is 25.5 Å². The number of hydrogen-bond donors (Lipinski definition) is 1. The lowest BCUT2D eigenvalue weighted by Crippen LogP contribution is -3.00. The number of likely N-dealkylation sites (N-methyl/N-ethyl adjacent to an activating group) is 1. The van der Waals surface area contributed by atoms with E-state index in [2.05, 4.69) is 275 Å². The first-order valence-electron chi connectivity index (χ1n) is 36.4. The summed E-state index contributed by atoms with van der Waals surface area (Å²) in [5.74, 6) is 1.03. The molecule has 0 fully saturated rings. The van der Waals surface area contributed by atoms with Crippen molar-refractivity contribution < 1.29 is 71.7 Å². The standard InChI is InChI=1S/C41H54N3O2.C39H51N2O.2C3H8.2CH4.2HI/c1-9-26-43-35-20-13-11-18-33(35)40(4,5)37(43)24-22-31-16-15-17-32(39(31)46-29-28-42(8)30(3)45)23-25-38-41(6,7)34-19-12-14-21-36(34)44(38)27-10-2;1-7-26-40-34-20-11-9-18-32(34)38(3,4)36(40)24-22-29-15-13-16-30(31(29)17-14-28-42)23-25-37-39(5,6)33-19-10-12-21-35(33)41(37)27-8-2;2*1-3-2;;;;/h11-14,18-25H,9-10,15-17,26-29H2,1-8H3;9-12,18-25,42H,7-8,13-17,26-28H2,1-6H3;2*3H2,1-2H3;2*1H4;2*1H/q2*+1;;;;;;/p-2. The molecule has 4 aromatic rings. The van der Waals surface area contributed by atoms with Gasteiger partial charge in [0.2, 0.25) is 17.3 Å². The lowest BCUT2D eigenvalue weighted by molar-refractivity contribution is -0.437. The zero-order valence-electron chi connectivity index (χ0n) is 62.5. The van der Waals surface area contributed by atoms with Crippen LogP contribution < -0.4 is 57.8 Å². The van der Waals surface area contributed by atoms with Crippen LogP contribution in [-0.4, -0.2) is 89.5 Å². The molecule has 0 unspecified atom stereocenters. The molecule has 4 aromatic carbocycles. The van der Waals surface area contributed by atoms with E-state index in [1.54, 1.807) is 11.8 Å². The smallest absolute Gasteiger partial charge is 0.219 e. The number of halogens is 2. The fourth-order valence-corrected chi connectivity index (χ4v) is 14.9. The second-order valence-electron chi connectivity index (χ2n) is 28.7. The zero-order chi connectivity index (χ0) is 68.4. The Morgan fingerprint density at radius 3 is 1.36 bits per heavy atom. The van der Waals surface area contributed by atoms with Crippen LogP contribution in [0.15, 0.2) is 191 Å². The van der Waals surface area contributed by atoms with Crippen LogP contribution in [0.2, 0.25) is 0 Å². The lowest BCUT2D eigenvalue weighted by atomic mass is 9.80. The summed E-state index contributed by atoms with van der Waals surface area (Å²) in [4.78, 5) is 18.7. The number of nitrogens with zero attached hydrogens (tertiary/aromatic N) is 5. The summed E-state index contributed by atoms with van der Waals surface area (Å²) in [7, 11) is 1.84. The van der Waals surface area contributed by atoms with Crippen LogP contribution in [0, 0.1) is 0 Å². The number of allylic oxidation sites excluding steroid dienone is 15. The molecule has 0 saturated heterocycles. The highest BCUT2D eigenvalue weighted by atomic mass is 127. The van der Waals surface area contributed by atoms with Crippen LogP contribution in [0.5, 0.6) is 0 Å². The van der Waals surface area contributed by atoms with Crippen molar-refractivity contribution in [2.24, 2.45) is 0 Å². The summed E-state index contributed by atoms with van der Waals surface area (Å²) in [6.07, 6.45) is 33.9. The number of amides is 1. The molecule has 0 aromatic heterocycles. The average molecular weight is 1560 g/mol. The van der Waals surface area contributed by atoms with Crippen LogP contribution in [-0.2, 0) is 31.2 Å². The van der Waals surface area contributed by atoms with Gasteiger partial charge in [0.25, 0.3) is 0 Å². The van der Waals surface area contributed by atoms with E-state index in [9.17, 15) is 9.90 Å². The number of carbonyl (C=O) groups excluding carboxylic acids is 1.